The molecule has 1 spiro atoms. The number of nitrogens with zero attached hydrogens (tertiary/aromatic N) is 1. The first-order chi connectivity index (χ1) is 11.5. The van der Waals surface area contributed by atoms with Crippen molar-refractivity contribution >= 4 is 0 Å². The Hall–Kier alpha value is -1.56. The Bertz CT molecular complexity index is 688. The average molecular weight is 332 g/mol. The third-order valence-corrected chi connectivity index (χ3v) is 5.86. The molecule has 0 fully saturated rings. The summed E-state index contributed by atoms with van der Waals surface area (Å²) in [5.74, 6) is 1.65. The standard InChI is InChI=1S/C19H26NO4/c1-20(12-22-2)9-8-19-7-6-14(21)10-16(19)24-18-15(23-3)5-4-13(11-20)17(18)19/h4-7,14,16,21H,8-12H2,1-3H3/q+1/t14-,16-,19-,20?/m0/s1. The highest BCUT2D eigenvalue weighted by Crippen LogP contribution is 2.56. The topological polar surface area (TPSA) is 47.9 Å². The molecule has 5 nitrogen and oxygen atoms in total. The lowest BCUT2D eigenvalue weighted by Crippen LogP contribution is -2.47. The van der Waals surface area contributed by atoms with E-state index in [1.165, 1.54) is 11.1 Å². The Morgan fingerprint density at radius 1 is 1.38 bits per heavy atom. The van der Waals surface area contributed by atoms with Crippen molar-refractivity contribution in [3.05, 3.63) is 35.4 Å². The van der Waals surface area contributed by atoms with Crippen LogP contribution in [0.5, 0.6) is 11.5 Å². The fourth-order valence-electron chi connectivity index (χ4n) is 4.70. The molecule has 1 aromatic carbocycles. The maximum absolute atomic E-state index is 10.1. The van der Waals surface area contributed by atoms with Crippen molar-refractivity contribution in [2.75, 3.05) is 34.5 Å². The van der Waals surface area contributed by atoms with Crippen LogP contribution in [0.1, 0.15) is 24.0 Å². The van der Waals surface area contributed by atoms with Gasteiger partial charge in [-0.15, -0.1) is 0 Å². The summed E-state index contributed by atoms with van der Waals surface area (Å²) in [5, 5.41) is 10.1. The molecule has 1 unspecified atom stereocenters. The van der Waals surface area contributed by atoms with E-state index in [1.54, 1.807) is 14.2 Å². The summed E-state index contributed by atoms with van der Waals surface area (Å²) < 4.78 is 18.2. The predicted octanol–water partition coefficient (Wildman–Crippen LogP) is 1.97. The van der Waals surface area contributed by atoms with Crippen molar-refractivity contribution in [3.63, 3.8) is 0 Å². The van der Waals surface area contributed by atoms with Gasteiger partial charge in [0.25, 0.3) is 0 Å². The molecule has 0 bridgehead atoms. The summed E-state index contributed by atoms with van der Waals surface area (Å²) in [5.41, 5.74) is 2.39. The van der Waals surface area contributed by atoms with Gasteiger partial charge in [-0.2, -0.15) is 0 Å². The smallest absolute Gasteiger partial charge is 0.182 e. The van der Waals surface area contributed by atoms with E-state index in [2.05, 4.69) is 19.2 Å². The van der Waals surface area contributed by atoms with Crippen molar-refractivity contribution in [2.24, 2.45) is 0 Å². The van der Waals surface area contributed by atoms with Gasteiger partial charge >= 0.3 is 0 Å². The summed E-state index contributed by atoms with van der Waals surface area (Å²) in [6.07, 6.45) is 5.26. The third-order valence-electron chi connectivity index (χ3n) is 5.86. The van der Waals surface area contributed by atoms with Gasteiger partial charge in [0, 0.05) is 31.1 Å². The summed E-state index contributed by atoms with van der Waals surface area (Å²) >= 11 is 0. The fraction of sp³-hybridized carbons (Fsp3) is 0.579. The first-order valence-electron chi connectivity index (χ1n) is 8.58. The number of hydrogen-bond acceptors (Lipinski definition) is 4. The second kappa shape index (κ2) is 5.48. The molecular weight excluding hydrogens is 306 g/mol. The number of quaternary nitrogens is 1. The van der Waals surface area contributed by atoms with Crippen LogP contribution >= 0.6 is 0 Å². The molecule has 5 heteroatoms. The Labute approximate surface area is 143 Å². The average Bonchev–Trinajstić information content (AvgIpc) is 2.82. The van der Waals surface area contributed by atoms with Crippen LogP contribution in [-0.2, 0) is 16.7 Å². The molecule has 1 aromatic rings. The SMILES string of the molecule is COC[N+]1(C)CC[C@@]23C=C[C@H](O)C[C@@H]2Oc2c(OC)ccc(c23)C1. The van der Waals surface area contributed by atoms with Gasteiger partial charge in [-0.1, -0.05) is 12.2 Å². The molecule has 0 saturated heterocycles. The zero-order chi connectivity index (χ0) is 16.9. The van der Waals surface area contributed by atoms with E-state index in [4.69, 9.17) is 14.2 Å². The number of hydrogen-bond donors (Lipinski definition) is 1. The third kappa shape index (κ3) is 2.19. The van der Waals surface area contributed by atoms with Gasteiger partial charge in [0.2, 0.25) is 0 Å². The van der Waals surface area contributed by atoms with Crippen LogP contribution in [0, 0.1) is 0 Å². The normalized spacial score (nSPS) is 36.5. The second-order valence-electron chi connectivity index (χ2n) is 7.61. The Morgan fingerprint density at radius 3 is 2.96 bits per heavy atom. The lowest BCUT2D eigenvalue weighted by molar-refractivity contribution is -0.939. The molecule has 3 aliphatic rings. The van der Waals surface area contributed by atoms with Gasteiger partial charge in [0.15, 0.2) is 18.2 Å². The molecule has 1 aliphatic carbocycles. The quantitative estimate of drug-likeness (QED) is 0.679. The van der Waals surface area contributed by atoms with Crippen LogP contribution < -0.4 is 9.47 Å². The Balaban J connectivity index is 1.90. The second-order valence-corrected chi connectivity index (χ2v) is 7.61. The summed E-state index contributed by atoms with van der Waals surface area (Å²) in [7, 11) is 5.69. The number of rotatable bonds is 3. The van der Waals surface area contributed by atoms with Gasteiger partial charge in [0.05, 0.1) is 32.2 Å². The fourth-order valence-corrected chi connectivity index (χ4v) is 4.70. The molecule has 1 N–H and O–H groups in total. The molecule has 24 heavy (non-hydrogen) atoms. The Kier molecular flexibility index (Phi) is 3.64. The van der Waals surface area contributed by atoms with Crippen LogP contribution in [0.15, 0.2) is 24.3 Å². The number of methoxy groups -OCH3 is 2. The molecule has 4 rings (SSSR count). The summed E-state index contributed by atoms with van der Waals surface area (Å²) in [4.78, 5) is 0. The highest BCUT2D eigenvalue weighted by Gasteiger charge is 2.54. The van der Waals surface area contributed by atoms with E-state index in [0.29, 0.717) is 13.2 Å². The van der Waals surface area contributed by atoms with Crippen molar-refractivity contribution < 1.29 is 23.8 Å². The molecule has 2 heterocycles. The molecular formula is C19H26NO4+. The largest absolute Gasteiger partial charge is 0.493 e. The zero-order valence-electron chi connectivity index (χ0n) is 14.6. The molecule has 130 valence electrons. The summed E-state index contributed by atoms with van der Waals surface area (Å²) in [6.45, 7) is 2.60. The lowest BCUT2D eigenvalue weighted by atomic mass is 9.69. The maximum Gasteiger partial charge on any atom is 0.182 e. The van der Waals surface area contributed by atoms with Gasteiger partial charge in [-0.3, -0.25) is 4.48 Å². The molecule has 0 saturated carbocycles. The number of ether oxygens (including phenoxy) is 3. The Morgan fingerprint density at radius 2 is 2.21 bits per heavy atom. The minimum Gasteiger partial charge on any atom is -0.493 e. The summed E-state index contributed by atoms with van der Waals surface area (Å²) in [6, 6.07) is 4.17. The van der Waals surface area contributed by atoms with E-state index in [1.807, 2.05) is 12.1 Å². The first-order valence-corrected chi connectivity index (χ1v) is 8.58. The number of aliphatic hydroxyl groups is 1. The maximum atomic E-state index is 10.1. The number of aliphatic hydroxyl groups excluding tert-OH is 1. The van der Waals surface area contributed by atoms with Crippen molar-refractivity contribution in [2.45, 2.75) is 37.0 Å². The van der Waals surface area contributed by atoms with E-state index in [0.717, 1.165) is 35.5 Å². The van der Waals surface area contributed by atoms with Crippen LogP contribution in [0.3, 0.4) is 0 Å². The molecule has 0 aromatic heterocycles. The van der Waals surface area contributed by atoms with Crippen LogP contribution in [0.25, 0.3) is 0 Å². The molecule has 0 radical (unpaired) electrons. The van der Waals surface area contributed by atoms with E-state index >= 15 is 0 Å². The molecule has 0 amide bonds. The monoisotopic (exact) mass is 332 g/mol. The van der Waals surface area contributed by atoms with Crippen LogP contribution in [0.4, 0.5) is 0 Å². The highest BCUT2D eigenvalue weighted by molar-refractivity contribution is 5.60. The van der Waals surface area contributed by atoms with Gasteiger partial charge in [0.1, 0.15) is 12.6 Å². The van der Waals surface area contributed by atoms with Crippen molar-refractivity contribution in [1.29, 1.82) is 0 Å². The molecule has 2 aliphatic heterocycles. The minimum atomic E-state index is -0.438. The van der Waals surface area contributed by atoms with Crippen molar-refractivity contribution in [1.82, 2.24) is 0 Å². The lowest BCUT2D eigenvalue weighted by Gasteiger charge is -2.37. The van der Waals surface area contributed by atoms with Crippen molar-refractivity contribution in [3.8, 4) is 11.5 Å². The van der Waals surface area contributed by atoms with Crippen LogP contribution in [0.2, 0.25) is 0 Å². The van der Waals surface area contributed by atoms with E-state index in [-0.39, 0.29) is 11.5 Å². The molecule has 4 atom stereocenters. The van der Waals surface area contributed by atoms with E-state index in [9.17, 15) is 5.11 Å². The zero-order valence-corrected chi connectivity index (χ0v) is 14.6. The van der Waals surface area contributed by atoms with E-state index < -0.39 is 6.10 Å². The van der Waals surface area contributed by atoms with Gasteiger partial charge < -0.3 is 19.3 Å². The number of benzene rings is 1. The van der Waals surface area contributed by atoms with Crippen LogP contribution in [-0.4, -0.2) is 56.3 Å². The van der Waals surface area contributed by atoms with Gasteiger partial charge in [-0.25, -0.2) is 0 Å². The van der Waals surface area contributed by atoms with Gasteiger partial charge in [-0.05, 0) is 12.1 Å². The first kappa shape index (κ1) is 15.9. The predicted molar refractivity (Wildman–Crippen MR) is 90.1 cm³/mol. The minimum absolute atomic E-state index is 0.0309. The highest BCUT2D eigenvalue weighted by atomic mass is 16.5.